The molecule has 1 aliphatic carbocycles. The van der Waals surface area contributed by atoms with Crippen LogP contribution in [0.3, 0.4) is 0 Å². The Morgan fingerprint density at radius 1 is 1.17 bits per heavy atom. The van der Waals surface area contributed by atoms with Gasteiger partial charge in [-0.25, -0.2) is 13.8 Å². The van der Waals surface area contributed by atoms with Gasteiger partial charge in [0.15, 0.2) is 5.16 Å². The fourth-order valence-corrected chi connectivity index (χ4v) is 5.98. The highest BCUT2D eigenvalue weighted by Gasteiger charge is 2.30. The first-order chi connectivity index (χ1) is 17.5. The van der Waals surface area contributed by atoms with Crippen LogP contribution in [0.25, 0.3) is 5.69 Å². The molecule has 1 unspecified atom stereocenters. The van der Waals surface area contributed by atoms with E-state index in [0.717, 1.165) is 41.9 Å². The number of imidazole rings is 1. The van der Waals surface area contributed by atoms with Crippen molar-refractivity contribution in [1.82, 2.24) is 9.55 Å². The van der Waals surface area contributed by atoms with Gasteiger partial charge in [0.1, 0.15) is 17.4 Å². The van der Waals surface area contributed by atoms with Crippen molar-refractivity contribution in [3.05, 3.63) is 105 Å². The molecule has 0 radical (unpaired) electrons. The third-order valence-electron chi connectivity index (χ3n) is 6.44. The molecule has 0 saturated carbocycles. The number of nitriles is 1. The molecule has 4 nitrogen and oxygen atoms in total. The third-order valence-corrected chi connectivity index (χ3v) is 7.72. The van der Waals surface area contributed by atoms with Crippen LogP contribution in [0.2, 0.25) is 5.02 Å². The number of methoxy groups -OCH3 is 1. The Labute approximate surface area is 217 Å². The molecule has 1 aliphatic rings. The lowest BCUT2D eigenvalue weighted by Gasteiger charge is -2.26. The second-order valence-corrected chi connectivity index (χ2v) is 9.89. The lowest BCUT2D eigenvalue weighted by atomic mass is 9.84. The van der Waals surface area contributed by atoms with Crippen LogP contribution in [0, 0.1) is 23.0 Å². The minimum absolute atomic E-state index is 0.0231. The topological polar surface area (TPSA) is 50.8 Å². The van der Waals surface area contributed by atoms with Crippen molar-refractivity contribution in [2.75, 3.05) is 7.11 Å². The molecule has 3 aromatic carbocycles. The van der Waals surface area contributed by atoms with Crippen molar-refractivity contribution in [3.8, 4) is 17.5 Å². The molecule has 1 aromatic heterocycles. The van der Waals surface area contributed by atoms with E-state index >= 15 is 0 Å². The first-order valence-corrected chi connectivity index (χ1v) is 12.9. The lowest BCUT2D eigenvalue weighted by Crippen LogP contribution is -2.15. The summed E-state index contributed by atoms with van der Waals surface area (Å²) in [6.45, 7) is 0. The van der Waals surface area contributed by atoms with Gasteiger partial charge in [-0.1, -0.05) is 35.5 Å². The second-order valence-electron chi connectivity index (χ2n) is 8.54. The van der Waals surface area contributed by atoms with Crippen LogP contribution in [0.4, 0.5) is 8.78 Å². The molecule has 182 valence electrons. The summed E-state index contributed by atoms with van der Waals surface area (Å²) in [5, 5.41) is 10.7. The minimum Gasteiger partial charge on any atom is -0.495 e. The fraction of sp³-hybridized carbons (Fsp3) is 0.214. The van der Waals surface area contributed by atoms with E-state index in [0.29, 0.717) is 27.1 Å². The molecule has 0 N–H and O–H groups in total. The Morgan fingerprint density at radius 2 is 1.97 bits per heavy atom. The molecule has 5 rings (SSSR count). The predicted molar refractivity (Wildman–Crippen MR) is 137 cm³/mol. The van der Waals surface area contributed by atoms with E-state index in [-0.39, 0.29) is 17.5 Å². The summed E-state index contributed by atoms with van der Waals surface area (Å²) >= 11 is 7.65. The highest BCUT2D eigenvalue weighted by Crippen LogP contribution is 2.42. The van der Waals surface area contributed by atoms with E-state index in [2.05, 4.69) is 6.07 Å². The van der Waals surface area contributed by atoms with Crippen LogP contribution >= 0.6 is 23.4 Å². The largest absolute Gasteiger partial charge is 0.495 e. The minimum atomic E-state index is -0.419. The van der Waals surface area contributed by atoms with Gasteiger partial charge in [0.05, 0.1) is 35.2 Å². The maximum atomic E-state index is 14.6. The molecule has 36 heavy (non-hydrogen) atoms. The van der Waals surface area contributed by atoms with E-state index in [4.69, 9.17) is 21.3 Å². The van der Waals surface area contributed by atoms with Crippen LogP contribution in [-0.2, 0) is 12.2 Å². The van der Waals surface area contributed by atoms with Gasteiger partial charge in [0, 0.05) is 22.9 Å². The third kappa shape index (κ3) is 4.59. The van der Waals surface area contributed by atoms with Crippen LogP contribution < -0.4 is 4.74 Å². The molecule has 4 aromatic rings. The zero-order chi connectivity index (χ0) is 25.2. The maximum absolute atomic E-state index is 14.6. The van der Waals surface area contributed by atoms with Gasteiger partial charge in [0.25, 0.3) is 0 Å². The summed E-state index contributed by atoms with van der Waals surface area (Å²) in [6.07, 6.45) is 2.67. The molecule has 0 aliphatic heterocycles. The lowest BCUT2D eigenvalue weighted by molar-refractivity contribution is 0.414. The predicted octanol–water partition coefficient (Wildman–Crippen LogP) is 7.44. The Morgan fingerprint density at radius 3 is 2.72 bits per heavy atom. The zero-order valence-electron chi connectivity index (χ0n) is 19.5. The van der Waals surface area contributed by atoms with Crippen molar-refractivity contribution in [2.24, 2.45) is 0 Å². The van der Waals surface area contributed by atoms with Crippen molar-refractivity contribution in [1.29, 1.82) is 5.26 Å². The summed E-state index contributed by atoms with van der Waals surface area (Å²) in [4.78, 5) is 4.96. The highest BCUT2D eigenvalue weighted by atomic mass is 35.5. The summed E-state index contributed by atoms with van der Waals surface area (Å²) in [7, 11) is 1.59. The van der Waals surface area contributed by atoms with Crippen LogP contribution in [0.5, 0.6) is 5.75 Å². The maximum Gasteiger partial charge on any atom is 0.173 e. The molecule has 0 fully saturated rings. The summed E-state index contributed by atoms with van der Waals surface area (Å²) in [6, 6.07) is 18.6. The molecule has 1 atom stereocenters. The van der Waals surface area contributed by atoms with Crippen LogP contribution in [0.1, 0.15) is 46.8 Å². The quantitative estimate of drug-likeness (QED) is 0.247. The van der Waals surface area contributed by atoms with Crippen molar-refractivity contribution >= 4 is 23.4 Å². The number of nitrogens with zero attached hydrogens (tertiary/aromatic N) is 3. The van der Waals surface area contributed by atoms with Gasteiger partial charge in [-0.15, -0.1) is 0 Å². The number of aryl methyl sites for hydroxylation is 1. The molecular formula is C28H22ClF2N3OS. The number of rotatable bonds is 6. The Bertz CT molecular complexity index is 1460. The Balaban J connectivity index is 1.62. The van der Waals surface area contributed by atoms with E-state index < -0.39 is 5.82 Å². The van der Waals surface area contributed by atoms with Crippen molar-refractivity contribution < 1.29 is 13.5 Å². The first kappa shape index (κ1) is 24.4. The Kier molecular flexibility index (Phi) is 6.99. The number of ether oxygens (including phenoxy) is 1. The molecule has 0 spiro atoms. The standard InChI is InChI=1S/C28H22ClF2N3OS/c1-35-26-14-17(8-13-23(26)29)21-5-3-7-25-27(21)34(20-11-9-19(30)10-12-20)28(33-25)36-16-22-18(15-32)4-2-6-24(22)31/h2,4,6,8-14,21H,3,5,7,16H2,1H3. The average molecular weight is 522 g/mol. The number of hydrogen-bond acceptors (Lipinski definition) is 4. The van der Waals surface area contributed by atoms with E-state index in [1.807, 2.05) is 22.8 Å². The zero-order valence-corrected chi connectivity index (χ0v) is 21.0. The number of aromatic nitrogens is 2. The first-order valence-electron chi connectivity index (χ1n) is 11.5. The molecule has 0 bridgehead atoms. The van der Waals surface area contributed by atoms with Crippen LogP contribution in [0.15, 0.2) is 65.8 Å². The molecule has 0 saturated heterocycles. The summed E-state index contributed by atoms with van der Waals surface area (Å²) in [5.74, 6) is 0.122. The molecular weight excluding hydrogens is 500 g/mol. The summed E-state index contributed by atoms with van der Waals surface area (Å²) in [5.41, 5.74) is 4.45. The number of hydrogen-bond donors (Lipinski definition) is 0. The SMILES string of the molecule is COc1cc(C2CCCc3nc(SCc4c(F)cccc4C#N)n(-c4ccc(F)cc4)c32)ccc1Cl. The van der Waals surface area contributed by atoms with Gasteiger partial charge < -0.3 is 4.74 Å². The molecule has 8 heteroatoms. The van der Waals surface area contributed by atoms with Gasteiger partial charge in [-0.05, 0) is 73.4 Å². The number of thioether (sulfide) groups is 1. The van der Waals surface area contributed by atoms with Gasteiger partial charge in [-0.3, -0.25) is 4.57 Å². The Hall–Kier alpha value is -3.34. The van der Waals surface area contributed by atoms with E-state index in [1.54, 1.807) is 25.3 Å². The van der Waals surface area contributed by atoms with Gasteiger partial charge in [-0.2, -0.15) is 5.26 Å². The van der Waals surface area contributed by atoms with Crippen molar-refractivity contribution in [2.45, 2.75) is 36.1 Å². The van der Waals surface area contributed by atoms with E-state index in [1.165, 1.54) is 36.0 Å². The van der Waals surface area contributed by atoms with Crippen LogP contribution in [-0.4, -0.2) is 16.7 Å². The highest BCUT2D eigenvalue weighted by molar-refractivity contribution is 7.98. The van der Waals surface area contributed by atoms with E-state index in [9.17, 15) is 14.0 Å². The van der Waals surface area contributed by atoms with Crippen molar-refractivity contribution in [3.63, 3.8) is 0 Å². The normalized spacial score (nSPS) is 14.8. The molecule has 1 heterocycles. The number of benzene rings is 3. The average Bonchev–Trinajstić information content (AvgIpc) is 3.27. The summed E-state index contributed by atoms with van der Waals surface area (Å²) < 4.78 is 35.9. The fourth-order valence-electron chi connectivity index (χ4n) is 4.71. The smallest absolute Gasteiger partial charge is 0.173 e. The number of halogens is 3. The second kappa shape index (κ2) is 10.3. The van der Waals surface area contributed by atoms with Gasteiger partial charge in [0.2, 0.25) is 0 Å². The van der Waals surface area contributed by atoms with Gasteiger partial charge >= 0.3 is 0 Å². The molecule has 0 amide bonds. The number of fused-ring (bicyclic) bond motifs is 1. The monoisotopic (exact) mass is 521 g/mol.